The van der Waals surface area contributed by atoms with Gasteiger partial charge in [-0.3, -0.25) is 4.57 Å². The summed E-state index contributed by atoms with van der Waals surface area (Å²) >= 11 is 0. The van der Waals surface area contributed by atoms with E-state index < -0.39 is 5.41 Å². The number of fused-ring (bicyclic) bond motifs is 4. The van der Waals surface area contributed by atoms with Crippen LogP contribution in [0.15, 0.2) is 200 Å². The van der Waals surface area contributed by atoms with Gasteiger partial charge in [-0.1, -0.05) is 169 Å². The largest absolute Gasteiger partial charge is 0.292 e. The van der Waals surface area contributed by atoms with Crippen LogP contribution in [-0.4, -0.2) is 9.55 Å². The monoisotopic (exact) mass is 676 g/mol. The summed E-state index contributed by atoms with van der Waals surface area (Å²) in [7, 11) is 0. The van der Waals surface area contributed by atoms with Gasteiger partial charge in [0.15, 0.2) is 0 Å². The van der Waals surface area contributed by atoms with E-state index in [1.165, 1.54) is 61.2 Å². The van der Waals surface area contributed by atoms with Gasteiger partial charge in [0, 0.05) is 11.3 Å². The topological polar surface area (TPSA) is 17.8 Å². The molecule has 53 heavy (non-hydrogen) atoms. The van der Waals surface area contributed by atoms with Gasteiger partial charge in [0.1, 0.15) is 5.82 Å². The molecule has 0 spiro atoms. The van der Waals surface area contributed by atoms with Crippen LogP contribution in [0, 0.1) is 6.92 Å². The Hall–Kier alpha value is -6.77. The Kier molecular flexibility index (Phi) is 7.30. The van der Waals surface area contributed by atoms with E-state index in [4.69, 9.17) is 4.98 Å². The van der Waals surface area contributed by atoms with Crippen molar-refractivity contribution in [1.29, 1.82) is 0 Å². The van der Waals surface area contributed by atoms with E-state index in [1.807, 2.05) is 0 Å². The van der Waals surface area contributed by atoms with Gasteiger partial charge in [0.25, 0.3) is 0 Å². The van der Waals surface area contributed by atoms with Gasteiger partial charge in [-0.2, -0.15) is 0 Å². The molecule has 250 valence electrons. The molecule has 0 amide bonds. The van der Waals surface area contributed by atoms with Gasteiger partial charge in [-0.25, -0.2) is 4.98 Å². The predicted octanol–water partition coefficient (Wildman–Crippen LogP) is 12.7. The van der Waals surface area contributed by atoms with Crippen LogP contribution < -0.4 is 0 Å². The summed E-state index contributed by atoms with van der Waals surface area (Å²) in [6.45, 7) is 2.14. The zero-order chi connectivity index (χ0) is 35.4. The van der Waals surface area contributed by atoms with Crippen molar-refractivity contribution in [1.82, 2.24) is 9.55 Å². The maximum Gasteiger partial charge on any atom is 0.145 e. The molecule has 0 saturated carbocycles. The minimum absolute atomic E-state index is 0.496. The van der Waals surface area contributed by atoms with Gasteiger partial charge in [0.2, 0.25) is 0 Å². The maximum absolute atomic E-state index is 5.11. The number of rotatable bonds is 6. The molecule has 10 rings (SSSR count). The molecule has 0 atom stereocenters. The highest BCUT2D eigenvalue weighted by atomic mass is 15.1. The molecule has 2 nitrogen and oxygen atoms in total. The van der Waals surface area contributed by atoms with Crippen molar-refractivity contribution >= 4 is 11.0 Å². The van der Waals surface area contributed by atoms with Gasteiger partial charge >= 0.3 is 0 Å². The fourth-order valence-corrected chi connectivity index (χ4v) is 8.46. The molecule has 0 bridgehead atoms. The zero-order valence-electron chi connectivity index (χ0n) is 29.4. The van der Waals surface area contributed by atoms with E-state index in [2.05, 4.69) is 212 Å². The number of hydrogen-bond acceptors (Lipinski definition) is 1. The summed E-state index contributed by atoms with van der Waals surface area (Å²) in [5, 5.41) is 0. The molecule has 0 unspecified atom stereocenters. The van der Waals surface area contributed by atoms with E-state index >= 15 is 0 Å². The number of benzene rings is 8. The second-order valence-electron chi connectivity index (χ2n) is 14.0. The molecular weight excluding hydrogens is 641 g/mol. The minimum atomic E-state index is -0.496. The summed E-state index contributed by atoms with van der Waals surface area (Å²) in [6.07, 6.45) is 0. The van der Waals surface area contributed by atoms with Gasteiger partial charge in [0.05, 0.1) is 16.4 Å². The molecule has 1 aliphatic rings. The SMILES string of the molecule is Cc1ccc(-c2ccc3c(c2)C(c2ccccc2)(c2ccccc2)c2cc(-c4ccc(-c5nc6ccccc6n5-c5ccccc5)cc4)ccc2-3)cc1. The third kappa shape index (κ3) is 4.98. The van der Waals surface area contributed by atoms with Crippen molar-refractivity contribution in [2.45, 2.75) is 12.3 Å². The smallest absolute Gasteiger partial charge is 0.145 e. The fourth-order valence-electron chi connectivity index (χ4n) is 8.46. The highest BCUT2D eigenvalue weighted by molar-refractivity contribution is 5.90. The Morgan fingerprint density at radius 3 is 1.43 bits per heavy atom. The molecular formula is C51H36N2. The van der Waals surface area contributed by atoms with Crippen LogP contribution in [0.5, 0.6) is 0 Å². The molecule has 0 radical (unpaired) electrons. The first-order valence-corrected chi connectivity index (χ1v) is 18.3. The lowest BCUT2D eigenvalue weighted by molar-refractivity contribution is 0.769. The molecule has 1 aliphatic carbocycles. The summed E-state index contributed by atoms with van der Waals surface area (Å²) in [5.41, 5.74) is 17.5. The Balaban J connectivity index is 1.14. The summed E-state index contributed by atoms with van der Waals surface area (Å²) in [4.78, 5) is 5.11. The molecule has 2 heteroatoms. The number of para-hydroxylation sites is 3. The predicted molar refractivity (Wildman–Crippen MR) is 219 cm³/mol. The lowest BCUT2D eigenvalue weighted by Crippen LogP contribution is -2.28. The average Bonchev–Trinajstić information content (AvgIpc) is 3.76. The summed E-state index contributed by atoms with van der Waals surface area (Å²) < 4.78 is 2.26. The summed E-state index contributed by atoms with van der Waals surface area (Å²) in [5.74, 6) is 0.935. The fraction of sp³-hybridized carbons (Fsp3) is 0.0392. The molecule has 0 fully saturated rings. The van der Waals surface area contributed by atoms with Crippen LogP contribution in [-0.2, 0) is 5.41 Å². The molecule has 1 heterocycles. The van der Waals surface area contributed by atoms with Crippen LogP contribution in [0.25, 0.3) is 61.5 Å². The minimum Gasteiger partial charge on any atom is -0.292 e. The van der Waals surface area contributed by atoms with Gasteiger partial charge in [-0.05, 0) is 99.0 Å². The molecule has 0 N–H and O–H groups in total. The second kappa shape index (κ2) is 12.5. The van der Waals surface area contributed by atoms with E-state index in [-0.39, 0.29) is 0 Å². The van der Waals surface area contributed by atoms with Crippen LogP contribution >= 0.6 is 0 Å². The lowest BCUT2D eigenvalue weighted by atomic mass is 9.67. The quantitative estimate of drug-likeness (QED) is 0.171. The van der Waals surface area contributed by atoms with Crippen LogP contribution in [0.4, 0.5) is 0 Å². The van der Waals surface area contributed by atoms with Crippen molar-refractivity contribution in [3.63, 3.8) is 0 Å². The van der Waals surface area contributed by atoms with Crippen LogP contribution in [0.3, 0.4) is 0 Å². The lowest BCUT2D eigenvalue weighted by Gasteiger charge is -2.34. The molecule has 8 aromatic carbocycles. The number of aromatic nitrogens is 2. The normalized spacial score (nSPS) is 12.8. The van der Waals surface area contributed by atoms with E-state index in [0.717, 1.165) is 28.1 Å². The first-order valence-electron chi connectivity index (χ1n) is 18.3. The van der Waals surface area contributed by atoms with Crippen LogP contribution in [0.1, 0.15) is 27.8 Å². The highest BCUT2D eigenvalue weighted by Gasteiger charge is 2.46. The highest BCUT2D eigenvalue weighted by Crippen LogP contribution is 2.57. The average molecular weight is 677 g/mol. The Morgan fingerprint density at radius 1 is 0.415 bits per heavy atom. The molecule has 9 aromatic rings. The third-order valence-corrected chi connectivity index (χ3v) is 11.0. The van der Waals surface area contributed by atoms with Crippen LogP contribution in [0.2, 0.25) is 0 Å². The Bertz CT molecular complexity index is 2700. The summed E-state index contributed by atoms with van der Waals surface area (Å²) in [6, 6.07) is 72.9. The molecule has 1 aromatic heterocycles. The number of imidazole rings is 1. The second-order valence-corrected chi connectivity index (χ2v) is 14.0. The first-order chi connectivity index (χ1) is 26.2. The third-order valence-electron chi connectivity index (χ3n) is 11.0. The standard InChI is InChI=1S/C51H36N2/c1-35-21-23-36(24-22-35)39-29-31-44-45-32-30-40(34-47(45)51(46(44)33-39,41-13-5-2-6-14-41)42-15-7-3-8-16-42)37-25-27-38(28-26-37)50-52-48-19-11-12-20-49(48)53(50)43-17-9-4-10-18-43/h2-34H,1H3. The molecule has 0 saturated heterocycles. The number of aryl methyl sites for hydroxylation is 1. The van der Waals surface area contributed by atoms with Crippen molar-refractivity contribution in [3.8, 4) is 50.5 Å². The van der Waals surface area contributed by atoms with E-state index in [9.17, 15) is 0 Å². The molecule has 0 aliphatic heterocycles. The van der Waals surface area contributed by atoms with Crippen molar-refractivity contribution in [3.05, 3.63) is 228 Å². The Morgan fingerprint density at radius 2 is 0.868 bits per heavy atom. The number of hydrogen-bond donors (Lipinski definition) is 0. The van der Waals surface area contributed by atoms with Crippen molar-refractivity contribution in [2.75, 3.05) is 0 Å². The zero-order valence-corrected chi connectivity index (χ0v) is 29.4. The van der Waals surface area contributed by atoms with E-state index in [1.54, 1.807) is 0 Å². The van der Waals surface area contributed by atoms with Crippen molar-refractivity contribution < 1.29 is 0 Å². The first kappa shape index (κ1) is 31.0. The van der Waals surface area contributed by atoms with Crippen molar-refractivity contribution in [2.24, 2.45) is 0 Å². The van der Waals surface area contributed by atoms with Gasteiger partial charge < -0.3 is 0 Å². The Labute approximate surface area is 310 Å². The van der Waals surface area contributed by atoms with E-state index in [0.29, 0.717) is 0 Å². The van der Waals surface area contributed by atoms with Gasteiger partial charge in [-0.15, -0.1) is 0 Å². The number of nitrogens with zero attached hydrogens (tertiary/aromatic N) is 2. The maximum atomic E-state index is 5.11.